The maximum atomic E-state index is 6.17. The first-order valence-electron chi connectivity index (χ1n) is 7.14. The zero-order chi connectivity index (χ0) is 14.4. The maximum absolute atomic E-state index is 6.17. The van der Waals surface area contributed by atoms with Gasteiger partial charge in [-0.2, -0.15) is 0 Å². The summed E-state index contributed by atoms with van der Waals surface area (Å²) < 4.78 is 7.42. The Morgan fingerprint density at radius 2 is 1.86 bits per heavy atom. The van der Waals surface area contributed by atoms with Crippen LogP contribution in [0.15, 0.2) is 42.5 Å². The zero-order valence-corrected chi connectivity index (χ0v) is 11.9. The first-order chi connectivity index (χ1) is 10.3. The van der Waals surface area contributed by atoms with E-state index in [1.54, 1.807) is 7.11 Å². The number of hydrogen-bond acceptors (Lipinski definition) is 3. The van der Waals surface area contributed by atoms with Crippen molar-refractivity contribution in [1.29, 1.82) is 0 Å². The highest BCUT2D eigenvalue weighted by Gasteiger charge is 2.25. The Balaban J connectivity index is 1.80. The first-order valence-corrected chi connectivity index (χ1v) is 7.14. The number of ether oxygens (including phenoxy) is 1. The summed E-state index contributed by atoms with van der Waals surface area (Å²) in [7, 11) is 1.66. The Labute approximate surface area is 123 Å². The van der Waals surface area contributed by atoms with Crippen molar-refractivity contribution in [2.24, 2.45) is 0 Å². The highest BCUT2D eigenvalue weighted by Crippen LogP contribution is 2.34. The standard InChI is InChI=1S/C17H17N3O/c1-21-14-6-7-16-15(10-14)19-17(18)20(16)13-8-11-4-2-3-5-12(11)9-13/h2-7,10,13H,8-9H2,1H3,(H2,18,19). The molecule has 106 valence electrons. The molecule has 2 N–H and O–H groups in total. The molecule has 0 saturated heterocycles. The summed E-state index contributed by atoms with van der Waals surface area (Å²) in [6, 6.07) is 14.9. The van der Waals surface area contributed by atoms with Gasteiger partial charge in [-0.05, 0) is 36.1 Å². The number of benzene rings is 2. The SMILES string of the molecule is COc1ccc2c(c1)nc(N)n2C1Cc2ccccc2C1. The summed E-state index contributed by atoms with van der Waals surface area (Å²) >= 11 is 0. The number of nitrogens with zero attached hydrogens (tertiary/aromatic N) is 2. The molecule has 2 aromatic carbocycles. The number of hydrogen-bond donors (Lipinski definition) is 1. The number of methoxy groups -OCH3 is 1. The Kier molecular flexibility index (Phi) is 2.64. The lowest BCUT2D eigenvalue weighted by Crippen LogP contribution is -2.12. The Hall–Kier alpha value is -2.49. The largest absolute Gasteiger partial charge is 0.497 e. The van der Waals surface area contributed by atoms with E-state index >= 15 is 0 Å². The summed E-state index contributed by atoms with van der Waals surface area (Å²) in [5.41, 5.74) is 11.0. The summed E-state index contributed by atoms with van der Waals surface area (Å²) in [5, 5.41) is 0. The fraction of sp³-hybridized carbons (Fsp3) is 0.235. The molecule has 0 amide bonds. The van der Waals surface area contributed by atoms with E-state index in [2.05, 4.69) is 33.8 Å². The van der Waals surface area contributed by atoms with E-state index in [0.29, 0.717) is 12.0 Å². The first kappa shape index (κ1) is 12.3. The monoisotopic (exact) mass is 279 g/mol. The second-order valence-electron chi connectivity index (χ2n) is 5.53. The number of anilines is 1. The van der Waals surface area contributed by atoms with Gasteiger partial charge >= 0.3 is 0 Å². The predicted molar refractivity (Wildman–Crippen MR) is 83.6 cm³/mol. The van der Waals surface area contributed by atoms with Gasteiger partial charge in [-0.1, -0.05) is 24.3 Å². The van der Waals surface area contributed by atoms with Crippen LogP contribution in [0, 0.1) is 0 Å². The van der Waals surface area contributed by atoms with Crippen LogP contribution in [0.4, 0.5) is 5.95 Å². The molecule has 1 heterocycles. The minimum absolute atomic E-state index is 0.348. The number of fused-ring (bicyclic) bond motifs is 2. The van der Waals surface area contributed by atoms with Gasteiger partial charge in [-0.15, -0.1) is 0 Å². The normalized spacial score (nSPS) is 14.5. The zero-order valence-electron chi connectivity index (χ0n) is 11.9. The molecule has 21 heavy (non-hydrogen) atoms. The van der Waals surface area contributed by atoms with Crippen molar-refractivity contribution in [2.75, 3.05) is 12.8 Å². The summed E-state index contributed by atoms with van der Waals surface area (Å²) in [5.74, 6) is 1.39. The second kappa shape index (κ2) is 4.52. The Bertz CT molecular complexity index is 797. The molecule has 4 heteroatoms. The molecule has 0 radical (unpaired) electrons. The average molecular weight is 279 g/mol. The van der Waals surface area contributed by atoms with Crippen molar-refractivity contribution in [3.63, 3.8) is 0 Å². The van der Waals surface area contributed by atoms with Crippen molar-refractivity contribution in [3.8, 4) is 5.75 Å². The molecule has 4 rings (SSSR count). The van der Waals surface area contributed by atoms with Crippen LogP contribution >= 0.6 is 0 Å². The van der Waals surface area contributed by atoms with Gasteiger partial charge in [-0.3, -0.25) is 0 Å². The van der Waals surface area contributed by atoms with Crippen LogP contribution in [-0.2, 0) is 12.8 Å². The second-order valence-corrected chi connectivity index (χ2v) is 5.53. The quantitative estimate of drug-likeness (QED) is 0.784. The topological polar surface area (TPSA) is 53.1 Å². The van der Waals surface area contributed by atoms with Crippen LogP contribution in [0.5, 0.6) is 5.75 Å². The predicted octanol–water partition coefficient (Wildman–Crippen LogP) is 2.97. The van der Waals surface area contributed by atoms with Crippen molar-refractivity contribution in [1.82, 2.24) is 9.55 Å². The van der Waals surface area contributed by atoms with E-state index in [9.17, 15) is 0 Å². The van der Waals surface area contributed by atoms with Crippen molar-refractivity contribution < 1.29 is 4.74 Å². The van der Waals surface area contributed by atoms with Crippen LogP contribution in [-0.4, -0.2) is 16.7 Å². The maximum Gasteiger partial charge on any atom is 0.201 e. The average Bonchev–Trinajstić information content (AvgIpc) is 3.05. The molecule has 0 spiro atoms. The van der Waals surface area contributed by atoms with E-state index in [4.69, 9.17) is 10.5 Å². The molecule has 0 aliphatic heterocycles. The molecule has 0 bridgehead atoms. The third kappa shape index (κ3) is 1.87. The van der Waals surface area contributed by atoms with Crippen molar-refractivity contribution in [2.45, 2.75) is 18.9 Å². The number of imidazole rings is 1. The Morgan fingerprint density at radius 3 is 2.52 bits per heavy atom. The molecule has 0 fully saturated rings. The van der Waals surface area contributed by atoms with Gasteiger partial charge in [0.1, 0.15) is 5.75 Å². The van der Waals surface area contributed by atoms with Crippen LogP contribution in [0.3, 0.4) is 0 Å². The van der Waals surface area contributed by atoms with E-state index in [-0.39, 0.29) is 0 Å². The Morgan fingerprint density at radius 1 is 1.14 bits per heavy atom. The summed E-state index contributed by atoms with van der Waals surface area (Å²) in [6.07, 6.45) is 2.02. The molecule has 0 unspecified atom stereocenters. The van der Waals surface area contributed by atoms with E-state index in [1.807, 2.05) is 18.2 Å². The van der Waals surface area contributed by atoms with Crippen LogP contribution in [0.25, 0.3) is 11.0 Å². The highest BCUT2D eigenvalue weighted by atomic mass is 16.5. The lowest BCUT2D eigenvalue weighted by atomic mass is 10.1. The van der Waals surface area contributed by atoms with Crippen LogP contribution in [0.1, 0.15) is 17.2 Å². The van der Waals surface area contributed by atoms with Gasteiger partial charge in [-0.25, -0.2) is 4.98 Å². The molecular weight excluding hydrogens is 262 g/mol. The van der Waals surface area contributed by atoms with Gasteiger partial charge in [0.15, 0.2) is 0 Å². The molecule has 3 aromatic rings. The lowest BCUT2D eigenvalue weighted by molar-refractivity contribution is 0.415. The number of nitrogen functional groups attached to an aromatic ring is 1. The number of rotatable bonds is 2. The molecule has 4 nitrogen and oxygen atoms in total. The van der Waals surface area contributed by atoms with Gasteiger partial charge in [0.2, 0.25) is 5.95 Å². The van der Waals surface area contributed by atoms with E-state index in [0.717, 1.165) is 29.6 Å². The van der Waals surface area contributed by atoms with Crippen LogP contribution in [0.2, 0.25) is 0 Å². The van der Waals surface area contributed by atoms with Gasteiger partial charge in [0, 0.05) is 12.1 Å². The van der Waals surface area contributed by atoms with E-state index < -0.39 is 0 Å². The molecule has 0 saturated carbocycles. The molecule has 0 atom stereocenters. The molecular formula is C17H17N3O. The van der Waals surface area contributed by atoms with Crippen molar-refractivity contribution in [3.05, 3.63) is 53.6 Å². The molecule has 1 aromatic heterocycles. The summed E-state index contributed by atoms with van der Waals surface area (Å²) in [6.45, 7) is 0. The summed E-state index contributed by atoms with van der Waals surface area (Å²) in [4.78, 5) is 4.49. The third-order valence-corrected chi connectivity index (χ3v) is 4.32. The molecule has 1 aliphatic carbocycles. The minimum atomic E-state index is 0.348. The van der Waals surface area contributed by atoms with Crippen LogP contribution < -0.4 is 10.5 Å². The lowest BCUT2D eigenvalue weighted by Gasteiger charge is -2.14. The fourth-order valence-electron chi connectivity index (χ4n) is 3.33. The molecule has 1 aliphatic rings. The minimum Gasteiger partial charge on any atom is -0.497 e. The van der Waals surface area contributed by atoms with Crippen molar-refractivity contribution >= 4 is 17.0 Å². The number of aromatic nitrogens is 2. The smallest absolute Gasteiger partial charge is 0.201 e. The van der Waals surface area contributed by atoms with Gasteiger partial charge < -0.3 is 15.0 Å². The highest BCUT2D eigenvalue weighted by molar-refractivity contribution is 5.80. The number of nitrogens with two attached hydrogens (primary N) is 1. The van der Waals surface area contributed by atoms with Gasteiger partial charge in [0.05, 0.1) is 18.1 Å². The third-order valence-electron chi connectivity index (χ3n) is 4.32. The fourth-order valence-corrected chi connectivity index (χ4v) is 3.33. The van der Waals surface area contributed by atoms with Gasteiger partial charge in [0.25, 0.3) is 0 Å². The van der Waals surface area contributed by atoms with E-state index in [1.165, 1.54) is 11.1 Å².